The van der Waals surface area contributed by atoms with E-state index in [-0.39, 0.29) is 0 Å². The molecule has 212 valence electrons. The molecule has 0 saturated carbocycles. The van der Waals surface area contributed by atoms with Crippen molar-refractivity contribution in [3.8, 4) is 34.8 Å². The van der Waals surface area contributed by atoms with Crippen molar-refractivity contribution in [1.82, 2.24) is 0 Å². The minimum Gasteiger partial charge on any atom is -0.493 e. The first-order chi connectivity index (χ1) is 19.4. The van der Waals surface area contributed by atoms with Crippen LogP contribution in [0.3, 0.4) is 0 Å². The molecule has 1 heterocycles. The number of nitriles is 1. The fourth-order valence-corrected chi connectivity index (χ4v) is 7.03. The van der Waals surface area contributed by atoms with E-state index < -0.39 is 0 Å². The molecule has 1 aliphatic heterocycles. The average molecular weight is 581 g/mol. The highest BCUT2D eigenvalue weighted by Crippen LogP contribution is 2.56. The minimum absolute atomic E-state index is 0.308. The van der Waals surface area contributed by atoms with E-state index in [1.165, 1.54) is 11.1 Å². The Morgan fingerprint density at radius 2 is 1.38 bits per heavy atom. The van der Waals surface area contributed by atoms with E-state index in [0.717, 1.165) is 40.7 Å². The molecule has 0 aromatic heterocycles. The van der Waals surface area contributed by atoms with Crippen molar-refractivity contribution in [2.75, 3.05) is 59.8 Å². The predicted molar refractivity (Wildman–Crippen MR) is 163 cm³/mol. The van der Waals surface area contributed by atoms with E-state index in [1.54, 1.807) is 40.2 Å². The molecule has 1 aliphatic rings. The average Bonchev–Trinajstić information content (AvgIpc) is 3.49. The van der Waals surface area contributed by atoms with Crippen LogP contribution in [0.4, 0.5) is 5.69 Å². The van der Waals surface area contributed by atoms with Crippen molar-refractivity contribution in [1.29, 1.82) is 5.26 Å². The van der Waals surface area contributed by atoms with Crippen LogP contribution in [0.25, 0.3) is 0 Å². The van der Waals surface area contributed by atoms with Crippen LogP contribution in [-0.2, 0) is 0 Å². The van der Waals surface area contributed by atoms with Gasteiger partial charge in [0, 0.05) is 35.2 Å². The Morgan fingerprint density at radius 1 is 0.825 bits per heavy atom. The number of ether oxygens (including phenoxy) is 5. The molecule has 0 amide bonds. The van der Waals surface area contributed by atoms with Gasteiger partial charge in [0.05, 0.1) is 52.4 Å². The molecule has 0 bridgehead atoms. The second-order valence-electron chi connectivity index (χ2n) is 9.45. The molecule has 1 fully saturated rings. The summed E-state index contributed by atoms with van der Waals surface area (Å²) < 4.78 is 28.8. The summed E-state index contributed by atoms with van der Waals surface area (Å²) in [5, 5.41) is 9.62. The van der Waals surface area contributed by atoms with Gasteiger partial charge in [-0.05, 0) is 72.5 Å². The molecule has 4 rings (SSSR count). The maximum atomic E-state index is 8.99. The molecule has 40 heavy (non-hydrogen) atoms. The number of nitrogens with zero attached hydrogens (tertiary/aromatic N) is 2. The summed E-state index contributed by atoms with van der Waals surface area (Å²) in [5.41, 5.74) is 4.05. The molecular weight excluding hydrogens is 544 g/mol. The SMILES string of the molecule is COc1cc(C2CCC(c3cc(OC)c(OCCSc4ccc(C#N)cc4)c(N(C)C)c3)S2)cc(OC)c1OC. The third kappa shape index (κ3) is 6.68. The number of hydrogen-bond donors (Lipinski definition) is 0. The third-order valence-corrected chi connectivity index (χ3v) is 9.44. The standard InChI is InChI=1S/C31H36N2O5S2/c1-33(2)24-15-21(16-25(34-3)30(24)38-13-14-39-23-9-7-20(19-32)8-10-23)28-11-12-29(40-28)22-17-26(35-4)31(37-6)27(18-22)36-5/h7-10,15-18,28-29H,11-14H2,1-6H3. The van der Waals surface area contributed by atoms with Gasteiger partial charge in [-0.1, -0.05) is 0 Å². The van der Waals surface area contributed by atoms with Crippen LogP contribution in [-0.4, -0.2) is 54.9 Å². The fraction of sp³-hybridized carbons (Fsp3) is 0.387. The Morgan fingerprint density at radius 3 is 1.88 bits per heavy atom. The van der Waals surface area contributed by atoms with E-state index in [4.69, 9.17) is 28.9 Å². The summed E-state index contributed by atoms with van der Waals surface area (Å²) in [7, 11) is 10.7. The van der Waals surface area contributed by atoms with Crippen LogP contribution < -0.4 is 28.6 Å². The molecule has 2 unspecified atom stereocenters. The van der Waals surface area contributed by atoms with Crippen molar-refractivity contribution in [3.63, 3.8) is 0 Å². The van der Waals surface area contributed by atoms with Gasteiger partial charge in [0.15, 0.2) is 23.0 Å². The Bertz CT molecular complexity index is 1320. The predicted octanol–water partition coefficient (Wildman–Crippen LogP) is 7.14. The second kappa shape index (κ2) is 13.8. The van der Waals surface area contributed by atoms with E-state index in [9.17, 15) is 0 Å². The van der Waals surface area contributed by atoms with Crippen molar-refractivity contribution in [3.05, 3.63) is 65.2 Å². The highest BCUT2D eigenvalue weighted by molar-refractivity contribution is 8.00. The van der Waals surface area contributed by atoms with Crippen LogP contribution >= 0.6 is 23.5 Å². The lowest BCUT2D eigenvalue weighted by atomic mass is 10.0. The topological polar surface area (TPSA) is 73.2 Å². The second-order valence-corrected chi connectivity index (χ2v) is 12.0. The van der Waals surface area contributed by atoms with Gasteiger partial charge in [0.2, 0.25) is 5.75 Å². The number of methoxy groups -OCH3 is 4. The van der Waals surface area contributed by atoms with E-state index in [2.05, 4.69) is 35.2 Å². The molecule has 7 nitrogen and oxygen atoms in total. The quantitative estimate of drug-likeness (QED) is 0.164. The van der Waals surface area contributed by atoms with Crippen LogP contribution in [0.2, 0.25) is 0 Å². The van der Waals surface area contributed by atoms with Gasteiger partial charge < -0.3 is 28.6 Å². The molecule has 2 atom stereocenters. The maximum Gasteiger partial charge on any atom is 0.203 e. The Labute approximate surface area is 245 Å². The van der Waals surface area contributed by atoms with Crippen molar-refractivity contribution < 1.29 is 23.7 Å². The lowest BCUT2D eigenvalue weighted by Crippen LogP contribution is -2.13. The van der Waals surface area contributed by atoms with Crippen LogP contribution in [0, 0.1) is 11.3 Å². The van der Waals surface area contributed by atoms with Crippen LogP contribution in [0.1, 0.15) is 40.0 Å². The molecular formula is C31H36N2O5S2. The zero-order chi connectivity index (χ0) is 28.6. The summed E-state index contributed by atoms with van der Waals surface area (Å²) in [5.74, 6) is 4.23. The van der Waals surface area contributed by atoms with Gasteiger partial charge in [0.1, 0.15) is 0 Å². The first kappa shape index (κ1) is 29.6. The Hall–Kier alpha value is -3.35. The molecule has 3 aromatic carbocycles. The number of hydrogen-bond acceptors (Lipinski definition) is 9. The largest absolute Gasteiger partial charge is 0.493 e. The highest BCUT2D eigenvalue weighted by Gasteiger charge is 2.31. The van der Waals surface area contributed by atoms with Crippen LogP contribution in [0.5, 0.6) is 28.7 Å². The fourth-order valence-electron chi connectivity index (χ4n) is 4.77. The zero-order valence-corrected chi connectivity index (χ0v) is 25.5. The lowest BCUT2D eigenvalue weighted by Gasteiger charge is -2.23. The molecule has 3 aromatic rings. The monoisotopic (exact) mass is 580 g/mol. The van der Waals surface area contributed by atoms with Gasteiger partial charge in [-0.3, -0.25) is 0 Å². The Kier molecular flexibility index (Phi) is 10.2. The number of thioether (sulfide) groups is 2. The van der Waals surface area contributed by atoms with Gasteiger partial charge >= 0.3 is 0 Å². The van der Waals surface area contributed by atoms with E-state index in [0.29, 0.717) is 39.9 Å². The van der Waals surface area contributed by atoms with Gasteiger partial charge in [-0.25, -0.2) is 0 Å². The number of anilines is 1. The third-order valence-electron chi connectivity index (χ3n) is 6.79. The van der Waals surface area contributed by atoms with Gasteiger partial charge in [-0.2, -0.15) is 5.26 Å². The molecule has 0 spiro atoms. The lowest BCUT2D eigenvalue weighted by molar-refractivity contribution is 0.314. The molecule has 9 heteroatoms. The first-order valence-corrected chi connectivity index (χ1v) is 15.0. The number of benzene rings is 3. The smallest absolute Gasteiger partial charge is 0.203 e. The first-order valence-electron chi connectivity index (χ1n) is 13.0. The van der Waals surface area contributed by atoms with Crippen molar-refractivity contribution in [2.24, 2.45) is 0 Å². The molecule has 1 saturated heterocycles. The summed E-state index contributed by atoms with van der Waals surface area (Å²) >= 11 is 3.64. The zero-order valence-electron chi connectivity index (χ0n) is 23.9. The molecule has 0 aliphatic carbocycles. The molecule has 0 radical (unpaired) electrons. The maximum absolute atomic E-state index is 8.99. The van der Waals surface area contributed by atoms with E-state index in [1.807, 2.05) is 50.1 Å². The van der Waals surface area contributed by atoms with Crippen molar-refractivity contribution in [2.45, 2.75) is 28.2 Å². The Balaban J connectivity index is 1.49. The van der Waals surface area contributed by atoms with Crippen LogP contribution in [0.15, 0.2) is 53.4 Å². The highest BCUT2D eigenvalue weighted by atomic mass is 32.2. The van der Waals surface area contributed by atoms with Gasteiger partial charge in [-0.15, -0.1) is 23.5 Å². The minimum atomic E-state index is 0.308. The summed E-state index contributed by atoms with van der Waals surface area (Å²) in [4.78, 5) is 3.18. The van der Waals surface area contributed by atoms with Gasteiger partial charge in [0.25, 0.3) is 0 Å². The van der Waals surface area contributed by atoms with E-state index >= 15 is 0 Å². The summed E-state index contributed by atoms with van der Waals surface area (Å²) in [6, 6.07) is 18.2. The molecule has 0 N–H and O–H groups in total. The number of rotatable bonds is 12. The van der Waals surface area contributed by atoms with Crippen molar-refractivity contribution >= 4 is 29.2 Å². The summed E-state index contributed by atoms with van der Waals surface area (Å²) in [6.45, 7) is 0.530. The normalized spacial score (nSPS) is 16.2. The summed E-state index contributed by atoms with van der Waals surface area (Å²) in [6.07, 6.45) is 2.09.